The molecular formula is C11H22N2O2. The lowest BCUT2D eigenvalue weighted by atomic mass is 10.0. The zero-order valence-corrected chi connectivity index (χ0v) is 9.50. The molecule has 1 aliphatic heterocycles. The molecule has 1 saturated heterocycles. The molecule has 0 saturated carbocycles. The summed E-state index contributed by atoms with van der Waals surface area (Å²) in [6.07, 6.45) is 3.78. The van der Waals surface area contributed by atoms with Crippen LogP contribution in [0.15, 0.2) is 0 Å². The summed E-state index contributed by atoms with van der Waals surface area (Å²) < 4.78 is 11.1. The summed E-state index contributed by atoms with van der Waals surface area (Å²) in [7, 11) is 0. The van der Waals surface area contributed by atoms with E-state index in [1.54, 1.807) is 0 Å². The van der Waals surface area contributed by atoms with Crippen LogP contribution in [0.25, 0.3) is 0 Å². The van der Waals surface area contributed by atoms with Crippen LogP contribution in [0, 0.1) is 11.3 Å². The Kier molecular flexibility index (Phi) is 5.65. The molecule has 1 atom stereocenters. The summed E-state index contributed by atoms with van der Waals surface area (Å²) in [6.45, 7) is 4.57. The van der Waals surface area contributed by atoms with Gasteiger partial charge in [0.25, 0.3) is 0 Å². The number of amidine groups is 1. The van der Waals surface area contributed by atoms with Gasteiger partial charge in [-0.05, 0) is 25.2 Å². The summed E-state index contributed by atoms with van der Waals surface area (Å²) >= 11 is 0. The van der Waals surface area contributed by atoms with Crippen molar-refractivity contribution in [2.75, 3.05) is 19.8 Å². The van der Waals surface area contributed by atoms with Gasteiger partial charge in [0, 0.05) is 26.2 Å². The topological polar surface area (TPSA) is 68.3 Å². The summed E-state index contributed by atoms with van der Waals surface area (Å²) in [5, 5.41) is 7.23. The van der Waals surface area contributed by atoms with Crippen molar-refractivity contribution in [3.8, 4) is 0 Å². The van der Waals surface area contributed by atoms with Gasteiger partial charge in [-0.1, -0.05) is 6.92 Å². The van der Waals surface area contributed by atoms with Crippen LogP contribution in [0.2, 0.25) is 0 Å². The first kappa shape index (κ1) is 12.5. The van der Waals surface area contributed by atoms with Gasteiger partial charge in [-0.15, -0.1) is 0 Å². The predicted molar refractivity (Wildman–Crippen MR) is 60.1 cm³/mol. The van der Waals surface area contributed by atoms with Gasteiger partial charge in [0.1, 0.15) is 0 Å². The third-order valence-corrected chi connectivity index (χ3v) is 2.81. The Bertz CT molecular complexity index is 191. The van der Waals surface area contributed by atoms with Crippen molar-refractivity contribution in [3.05, 3.63) is 0 Å². The van der Waals surface area contributed by atoms with Gasteiger partial charge >= 0.3 is 0 Å². The number of rotatable bonds is 6. The third kappa shape index (κ3) is 5.14. The van der Waals surface area contributed by atoms with Crippen molar-refractivity contribution in [1.29, 1.82) is 5.41 Å². The lowest BCUT2D eigenvalue weighted by Crippen LogP contribution is -2.26. The molecule has 4 nitrogen and oxygen atoms in total. The Morgan fingerprint density at radius 1 is 1.53 bits per heavy atom. The van der Waals surface area contributed by atoms with Crippen LogP contribution in [0.1, 0.15) is 32.6 Å². The second-order valence-corrected chi connectivity index (χ2v) is 4.15. The summed E-state index contributed by atoms with van der Waals surface area (Å²) in [5.74, 6) is 0.841. The Labute approximate surface area is 91.6 Å². The molecule has 0 aromatic heterocycles. The van der Waals surface area contributed by atoms with Gasteiger partial charge in [-0.25, -0.2) is 0 Å². The lowest BCUT2D eigenvalue weighted by Gasteiger charge is -2.24. The monoisotopic (exact) mass is 214 g/mol. The van der Waals surface area contributed by atoms with Gasteiger partial charge in [-0.3, -0.25) is 5.41 Å². The molecule has 0 aromatic carbocycles. The van der Waals surface area contributed by atoms with Crippen LogP contribution in [0.4, 0.5) is 0 Å². The fourth-order valence-electron chi connectivity index (χ4n) is 1.75. The fourth-order valence-corrected chi connectivity index (χ4v) is 1.75. The predicted octanol–water partition coefficient (Wildman–Crippen LogP) is 1.53. The SMILES string of the molecule is CCC(CC(=N)N)OCC1CCOCC1. The number of ether oxygens (including phenoxy) is 2. The minimum atomic E-state index is 0.116. The van der Waals surface area contributed by atoms with E-state index < -0.39 is 0 Å². The molecule has 0 bridgehead atoms. The molecule has 1 heterocycles. The number of nitrogens with one attached hydrogen (secondary N) is 1. The minimum absolute atomic E-state index is 0.116. The van der Waals surface area contributed by atoms with E-state index in [9.17, 15) is 0 Å². The van der Waals surface area contributed by atoms with Gasteiger partial charge in [-0.2, -0.15) is 0 Å². The highest BCUT2D eigenvalue weighted by Gasteiger charge is 2.16. The normalized spacial score (nSPS) is 20.1. The van der Waals surface area contributed by atoms with Gasteiger partial charge < -0.3 is 15.2 Å². The van der Waals surface area contributed by atoms with Crippen molar-refractivity contribution in [2.24, 2.45) is 11.7 Å². The highest BCUT2D eigenvalue weighted by atomic mass is 16.5. The molecule has 3 N–H and O–H groups in total. The van der Waals surface area contributed by atoms with Crippen LogP contribution < -0.4 is 5.73 Å². The molecule has 1 aliphatic rings. The van der Waals surface area contributed by atoms with E-state index in [0.29, 0.717) is 12.3 Å². The molecular weight excluding hydrogens is 192 g/mol. The Morgan fingerprint density at radius 3 is 2.73 bits per heavy atom. The summed E-state index contributed by atoms with van der Waals surface area (Å²) in [6, 6.07) is 0. The van der Waals surface area contributed by atoms with Gasteiger partial charge in [0.2, 0.25) is 0 Å². The number of nitrogens with two attached hydrogens (primary N) is 1. The average Bonchev–Trinajstić information content (AvgIpc) is 2.25. The average molecular weight is 214 g/mol. The second-order valence-electron chi connectivity index (χ2n) is 4.15. The molecule has 88 valence electrons. The summed E-state index contributed by atoms with van der Waals surface area (Å²) in [5.41, 5.74) is 5.36. The van der Waals surface area contributed by atoms with Crippen LogP contribution in [-0.2, 0) is 9.47 Å². The van der Waals surface area contributed by atoms with Gasteiger partial charge in [0.05, 0.1) is 11.9 Å². The molecule has 4 heteroatoms. The third-order valence-electron chi connectivity index (χ3n) is 2.81. The van der Waals surface area contributed by atoms with E-state index in [1.807, 2.05) is 0 Å². The van der Waals surface area contributed by atoms with Crippen LogP contribution in [0.5, 0.6) is 0 Å². The van der Waals surface area contributed by atoms with E-state index in [1.165, 1.54) is 0 Å². The zero-order valence-electron chi connectivity index (χ0n) is 9.50. The number of hydrogen-bond acceptors (Lipinski definition) is 3. The van der Waals surface area contributed by atoms with Crippen molar-refractivity contribution in [2.45, 2.75) is 38.7 Å². The molecule has 15 heavy (non-hydrogen) atoms. The van der Waals surface area contributed by atoms with Crippen molar-refractivity contribution < 1.29 is 9.47 Å². The zero-order chi connectivity index (χ0) is 11.1. The van der Waals surface area contributed by atoms with Crippen molar-refractivity contribution >= 4 is 5.84 Å². The van der Waals surface area contributed by atoms with Crippen LogP contribution in [0.3, 0.4) is 0 Å². The molecule has 1 fully saturated rings. The minimum Gasteiger partial charge on any atom is -0.388 e. The van der Waals surface area contributed by atoms with E-state index in [4.69, 9.17) is 20.6 Å². The van der Waals surface area contributed by atoms with Crippen LogP contribution >= 0.6 is 0 Å². The van der Waals surface area contributed by atoms with E-state index in [0.717, 1.165) is 39.1 Å². The maximum Gasteiger partial charge on any atom is 0.0931 e. The summed E-state index contributed by atoms with van der Waals surface area (Å²) in [4.78, 5) is 0. The molecule has 0 amide bonds. The van der Waals surface area contributed by atoms with E-state index in [-0.39, 0.29) is 11.9 Å². The molecule has 0 radical (unpaired) electrons. The Balaban J connectivity index is 2.17. The maximum absolute atomic E-state index is 7.23. The smallest absolute Gasteiger partial charge is 0.0931 e. The highest BCUT2D eigenvalue weighted by molar-refractivity contribution is 5.77. The molecule has 0 spiro atoms. The number of hydrogen-bond donors (Lipinski definition) is 2. The van der Waals surface area contributed by atoms with E-state index >= 15 is 0 Å². The lowest BCUT2D eigenvalue weighted by molar-refractivity contribution is -0.00955. The van der Waals surface area contributed by atoms with Crippen molar-refractivity contribution in [3.63, 3.8) is 0 Å². The Morgan fingerprint density at radius 2 is 2.20 bits per heavy atom. The molecule has 0 aliphatic carbocycles. The van der Waals surface area contributed by atoms with Gasteiger partial charge in [0.15, 0.2) is 0 Å². The van der Waals surface area contributed by atoms with E-state index in [2.05, 4.69) is 6.92 Å². The first-order valence-electron chi connectivity index (χ1n) is 5.74. The fraction of sp³-hybridized carbons (Fsp3) is 0.909. The first-order valence-corrected chi connectivity index (χ1v) is 5.74. The molecule has 1 unspecified atom stereocenters. The molecule has 1 rings (SSSR count). The first-order chi connectivity index (χ1) is 7.22. The van der Waals surface area contributed by atoms with Crippen LogP contribution in [-0.4, -0.2) is 31.8 Å². The maximum atomic E-state index is 7.23. The largest absolute Gasteiger partial charge is 0.388 e. The standard InChI is InChI=1S/C11H22N2O2/c1-2-10(7-11(12)13)15-8-9-3-5-14-6-4-9/h9-10H,2-8H2,1H3,(H3,12,13). The quantitative estimate of drug-likeness (QED) is 0.520. The molecule has 0 aromatic rings. The highest BCUT2D eigenvalue weighted by Crippen LogP contribution is 2.16. The Hall–Kier alpha value is -0.610. The second kappa shape index (κ2) is 6.80. The van der Waals surface area contributed by atoms with Crippen molar-refractivity contribution in [1.82, 2.24) is 0 Å².